The van der Waals surface area contributed by atoms with Crippen LogP contribution in [0, 0.1) is 5.82 Å². The van der Waals surface area contributed by atoms with E-state index in [4.69, 9.17) is 9.47 Å². The first-order valence-corrected chi connectivity index (χ1v) is 9.39. The fourth-order valence-corrected chi connectivity index (χ4v) is 3.32. The van der Waals surface area contributed by atoms with Crippen molar-refractivity contribution in [2.75, 3.05) is 13.2 Å². The summed E-state index contributed by atoms with van der Waals surface area (Å²) in [6.07, 6.45) is -1.01. The molecule has 1 saturated heterocycles. The Labute approximate surface area is 169 Å². The molecule has 1 aromatic carbocycles. The molecule has 7 nitrogen and oxygen atoms in total. The van der Waals surface area contributed by atoms with Crippen molar-refractivity contribution >= 4 is 16.9 Å². The van der Waals surface area contributed by atoms with Gasteiger partial charge in [0.25, 0.3) is 12.3 Å². The van der Waals surface area contributed by atoms with E-state index in [0.717, 1.165) is 12.5 Å². The Morgan fingerprint density at radius 1 is 1.33 bits per heavy atom. The van der Waals surface area contributed by atoms with E-state index in [0.29, 0.717) is 30.1 Å². The maximum atomic E-state index is 14.4. The first-order chi connectivity index (χ1) is 14.4. The Hall–Kier alpha value is -3.14. The fourth-order valence-electron chi connectivity index (χ4n) is 3.32. The van der Waals surface area contributed by atoms with Gasteiger partial charge < -0.3 is 19.8 Å². The lowest BCUT2D eigenvalue weighted by atomic mass is 10.0. The van der Waals surface area contributed by atoms with Crippen molar-refractivity contribution in [2.24, 2.45) is 0 Å². The Bertz CT molecular complexity index is 1070. The van der Waals surface area contributed by atoms with Gasteiger partial charge in [0.05, 0.1) is 30.2 Å². The minimum Gasteiger partial charge on any atom is -0.471 e. The standard InChI is InChI=1S/C20H19F3N4O3/c1-10(12-3-2-4-13(16(12)21)17(22)23)26-19(28)15-7-14-18(27-15)24-9-25-20(14)30-11-5-6-29-8-11/h2-4,7,9-11,17H,5-6,8H2,1H3,(H,26,28)(H,24,25,27)/t10-,11+/m1/s1. The molecular formula is C20H19F3N4O3. The number of ether oxygens (including phenoxy) is 2. The molecule has 4 rings (SSSR count). The zero-order valence-corrected chi connectivity index (χ0v) is 16.0. The molecule has 0 aliphatic carbocycles. The van der Waals surface area contributed by atoms with E-state index in [2.05, 4.69) is 20.3 Å². The van der Waals surface area contributed by atoms with Gasteiger partial charge in [-0.25, -0.2) is 23.1 Å². The molecule has 2 aromatic heterocycles. The molecule has 0 bridgehead atoms. The summed E-state index contributed by atoms with van der Waals surface area (Å²) < 4.78 is 51.3. The van der Waals surface area contributed by atoms with E-state index in [1.54, 1.807) is 0 Å². The maximum Gasteiger partial charge on any atom is 0.268 e. The predicted octanol–water partition coefficient (Wildman–Crippen LogP) is 3.69. The molecule has 30 heavy (non-hydrogen) atoms. The second kappa shape index (κ2) is 8.31. The largest absolute Gasteiger partial charge is 0.471 e. The van der Waals surface area contributed by atoms with Gasteiger partial charge in [-0.1, -0.05) is 18.2 Å². The molecule has 3 aromatic rings. The SMILES string of the molecule is C[C@@H](NC(=O)c1cc2c(O[C@H]3CCOC3)ncnc2[nH]1)c1cccc(C(F)F)c1F. The molecule has 158 valence electrons. The molecule has 1 amide bonds. The van der Waals surface area contributed by atoms with Crippen LogP contribution in [0.2, 0.25) is 0 Å². The second-order valence-electron chi connectivity index (χ2n) is 6.97. The number of carbonyl (C=O) groups is 1. The van der Waals surface area contributed by atoms with Crippen LogP contribution in [0.3, 0.4) is 0 Å². The van der Waals surface area contributed by atoms with E-state index in [-0.39, 0.29) is 17.4 Å². The number of hydrogen-bond acceptors (Lipinski definition) is 5. The lowest BCUT2D eigenvalue weighted by Crippen LogP contribution is -2.27. The number of hydrogen-bond donors (Lipinski definition) is 2. The van der Waals surface area contributed by atoms with Crippen LogP contribution >= 0.6 is 0 Å². The lowest BCUT2D eigenvalue weighted by molar-refractivity contribution is 0.0935. The van der Waals surface area contributed by atoms with Crippen LogP contribution in [0.4, 0.5) is 13.2 Å². The van der Waals surface area contributed by atoms with Crippen molar-refractivity contribution in [3.63, 3.8) is 0 Å². The number of nitrogens with one attached hydrogen (secondary N) is 2. The highest BCUT2D eigenvalue weighted by atomic mass is 19.3. The molecule has 0 unspecified atom stereocenters. The molecule has 1 aliphatic heterocycles. The number of benzene rings is 1. The molecule has 0 saturated carbocycles. The number of nitrogens with zero attached hydrogens (tertiary/aromatic N) is 2. The number of rotatable bonds is 6. The van der Waals surface area contributed by atoms with Crippen LogP contribution < -0.4 is 10.1 Å². The number of aromatic nitrogens is 3. The summed E-state index contributed by atoms with van der Waals surface area (Å²) >= 11 is 0. The van der Waals surface area contributed by atoms with Gasteiger partial charge in [-0.3, -0.25) is 4.79 Å². The highest BCUT2D eigenvalue weighted by Gasteiger charge is 2.23. The summed E-state index contributed by atoms with van der Waals surface area (Å²) in [7, 11) is 0. The van der Waals surface area contributed by atoms with E-state index in [9.17, 15) is 18.0 Å². The summed E-state index contributed by atoms with van der Waals surface area (Å²) in [6.45, 7) is 2.59. The zero-order chi connectivity index (χ0) is 21.3. The van der Waals surface area contributed by atoms with Crippen LogP contribution in [0.1, 0.15) is 47.4 Å². The summed E-state index contributed by atoms with van der Waals surface area (Å²) in [6, 6.07) is 4.41. The average molecular weight is 420 g/mol. The number of H-pyrrole nitrogens is 1. The van der Waals surface area contributed by atoms with Crippen LogP contribution in [0.25, 0.3) is 11.0 Å². The topological polar surface area (TPSA) is 89.1 Å². The third kappa shape index (κ3) is 3.95. The summed E-state index contributed by atoms with van der Waals surface area (Å²) in [5.74, 6) is -1.25. The molecule has 3 heterocycles. The molecule has 10 heteroatoms. The average Bonchev–Trinajstić information content (AvgIpc) is 3.38. The van der Waals surface area contributed by atoms with E-state index in [1.807, 2.05) is 0 Å². The summed E-state index contributed by atoms with van der Waals surface area (Å²) in [5.41, 5.74) is -0.160. The van der Waals surface area contributed by atoms with Gasteiger partial charge in [0.1, 0.15) is 29.6 Å². The van der Waals surface area contributed by atoms with Crippen molar-refractivity contribution in [3.8, 4) is 5.88 Å². The van der Waals surface area contributed by atoms with Crippen LogP contribution in [0.15, 0.2) is 30.6 Å². The third-order valence-corrected chi connectivity index (χ3v) is 4.91. The Morgan fingerprint density at radius 3 is 2.87 bits per heavy atom. The van der Waals surface area contributed by atoms with Crippen molar-refractivity contribution in [1.82, 2.24) is 20.3 Å². The number of alkyl halides is 2. The highest BCUT2D eigenvalue weighted by Crippen LogP contribution is 2.28. The van der Waals surface area contributed by atoms with Crippen molar-refractivity contribution < 1.29 is 27.4 Å². The van der Waals surface area contributed by atoms with Gasteiger partial charge in [-0.15, -0.1) is 0 Å². The van der Waals surface area contributed by atoms with E-state index < -0.39 is 29.8 Å². The smallest absolute Gasteiger partial charge is 0.268 e. The molecule has 1 fully saturated rings. The van der Waals surface area contributed by atoms with Crippen molar-refractivity contribution in [3.05, 3.63) is 53.2 Å². The Kier molecular flexibility index (Phi) is 5.58. The lowest BCUT2D eigenvalue weighted by Gasteiger charge is -2.16. The predicted molar refractivity (Wildman–Crippen MR) is 101 cm³/mol. The summed E-state index contributed by atoms with van der Waals surface area (Å²) in [5, 5.41) is 3.13. The van der Waals surface area contributed by atoms with Crippen LogP contribution in [-0.4, -0.2) is 40.2 Å². The number of halogens is 3. The number of aromatic amines is 1. The van der Waals surface area contributed by atoms with Crippen molar-refractivity contribution in [1.29, 1.82) is 0 Å². The minimum absolute atomic E-state index is 0.0256. The molecule has 2 atom stereocenters. The summed E-state index contributed by atoms with van der Waals surface area (Å²) in [4.78, 5) is 23.8. The van der Waals surface area contributed by atoms with Crippen LogP contribution in [0.5, 0.6) is 5.88 Å². The monoisotopic (exact) mass is 420 g/mol. The quantitative estimate of drug-likeness (QED) is 0.635. The number of amides is 1. The van der Waals surface area contributed by atoms with Gasteiger partial charge >= 0.3 is 0 Å². The van der Waals surface area contributed by atoms with E-state index in [1.165, 1.54) is 31.5 Å². The molecule has 0 radical (unpaired) electrons. The van der Waals surface area contributed by atoms with Crippen molar-refractivity contribution in [2.45, 2.75) is 31.9 Å². The van der Waals surface area contributed by atoms with Gasteiger partial charge in [0.15, 0.2) is 0 Å². The van der Waals surface area contributed by atoms with Gasteiger partial charge in [0, 0.05) is 12.0 Å². The normalized spacial score (nSPS) is 17.4. The molecule has 0 spiro atoms. The third-order valence-electron chi connectivity index (χ3n) is 4.91. The molecule has 1 aliphatic rings. The fraction of sp³-hybridized carbons (Fsp3) is 0.350. The van der Waals surface area contributed by atoms with Gasteiger partial charge in [0.2, 0.25) is 5.88 Å². The Morgan fingerprint density at radius 2 is 2.13 bits per heavy atom. The first kappa shape index (κ1) is 20.1. The van der Waals surface area contributed by atoms with Gasteiger partial charge in [-0.2, -0.15) is 0 Å². The molecular weight excluding hydrogens is 401 g/mol. The van der Waals surface area contributed by atoms with Gasteiger partial charge in [-0.05, 0) is 13.0 Å². The highest BCUT2D eigenvalue weighted by molar-refractivity contribution is 5.98. The zero-order valence-electron chi connectivity index (χ0n) is 16.0. The molecule has 2 N–H and O–H groups in total. The maximum absolute atomic E-state index is 14.4. The first-order valence-electron chi connectivity index (χ1n) is 9.39. The number of fused-ring (bicyclic) bond motifs is 1. The Balaban J connectivity index is 1.54. The van der Waals surface area contributed by atoms with E-state index >= 15 is 0 Å². The van der Waals surface area contributed by atoms with Crippen LogP contribution in [-0.2, 0) is 4.74 Å². The number of carbonyl (C=O) groups excluding carboxylic acids is 1. The minimum atomic E-state index is -2.94. The second-order valence-corrected chi connectivity index (χ2v) is 6.97.